The van der Waals surface area contributed by atoms with Crippen LogP contribution in [-0.4, -0.2) is 57.0 Å². The fourth-order valence-electron chi connectivity index (χ4n) is 2.59. The van der Waals surface area contributed by atoms with Crippen LogP contribution in [0.4, 0.5) is 0 Å². The third-order valence-corrected chi connectivity index (χ3v) is 3.43. The fourth-order valence-corrected chi connectivity index (χ4v) is 2.59. The van der Waals surface area contributed by atoms with Crippen LogP contribution in [0.3, 0.4) is 0 Å². The zero-order valence-electron chi connectivity index (χ0n) is 11.4. The molecule has 2 unspecified atom stereocenters. The van der Waals surface area contributed by atoms with E-state index in [1.54, 1.807) is 7.11 Å². The van der Waals surface area contributed by atoms with E-state index < -0.39 is 0 Å². The Morgan fingerprint density at radius 3 is 2.94 bits per heavy atom. The monoisotopic (exact) mass is 244 g/mol. The molecule has 17 heavy (non-hydrogen) atoms. The topological polar surface area (TPSA) is 47.7 Å². The highest BCUT2D eigenvalue weighted by Gasteiger charge is 2.25. The molecule has 1 fully saturated rings. The molecule has 0 amide bonds. The van der Waals surface area contributed by atoms with Gasteiger partial charge in [0.05, 0.1) is 12.7 Å². The van der Waals surface area contributed by atoms with E-state index in [0.717, 1.165) is 39.1 Å². The van der Waals surface area contributed by atoms with Gasteiger partial charge >= 0.3 is 0 Å². The first-order chi connectivity index (χ1) is 8.31. The van der Waals surface area contributed by atoms with Crippen LogP contribution < -0.4 is 5.73 Å². The molecule has 1 heterocycles. The summed E-state index contributed by atoms with van der Waals surface area (Å²) in [5.41, 5.74) is 5.59. The predicted molar refractivity (Wildman–Crippen MR) is 70.2 cm³/mol. The summed E-state index contributed by atoms with van der Waals surface area (Å²) in [6, 6.07) is 0.506. The molecular weight excluding hydrogens is 216 g/mol. The smallest absolute Gasteiger partial charge is 0.0702 e. The molecule has 4 heteroatoms. The van der Waals surface area contributed by atoms with Gasteiger partial charge in [-0.05, 0) is 45.7 Å². The van der Waals surface area contributed by atoms with Crippen LogP contribution in [0.25, 0.3) is 0 Å². The van der Waals surface area contributed by atoms with E-state index in [9.17, 15) is 0 Å². The Labute approximate surface area is 105 Å². The minimum absolute atomic E-state index is 0.408. The van der Waals surface area contributed by atoms with Crippen LogP contribution >= 0.6 is 0 Å². The molecule has 0 aromatic heterocycles. The minimum Gasteiger partial charge on any atom is -0.383 e. The SMILES string of the molecule is CCOC1CCCN(C(CCCN)COC)C1. The van der Waals surface area contributed by atoms with Crippen LogP contribution in [0.1, 0.15) is 32.6 Å². The highest BCUT2D eigenvalue weighted by molar-refractivity contribution is 4.79. The third-order valence-electron chi connectivity index (χ3n) is 3.43. The van der Waals surface area contributed by atoms with Crippen molar-refractivity contribution < 1.29 is 9.47 Å². The van der Waals surface area contributed by atoms with Gasteiger partial charge in [0.15, 0.2) is 0 Å². The molecule has 2 N–H and O–H groups in total. The molecule has 0 aromatic rings. The Morgan fingerprint density at radius 1 is 1.47 bits per heavy atom. The lowest BCUT2D eigenvalue weighted by molar-refractivity contribution is -0.0211. The molecular formula is C13H28N2O2. The molecule has 102 valence electrons. The number of ether oxygens (including phenoxy) is 2. The lowest BCUT2D eigenvalue weighted by Gasteiger charge is -2.37. The Bertz CT molecular complexity index is 188. The van der Waals surface area contributed by atoms with Gasteiger partial charge in [0.25, 0.3) is 0 Å². The average molecular weight is 244 g/mol. The molecule has 0 aliphatic carbocycles. The lowest BCUT2D eigenvalue weighted by atomic mass is 10.0. The summed E-state index contributed by atoms with van der Waals surface area (Å²) in [7, 11) is 1.78. The number of nitrogens with two attached hydrogens (primary N) is 1. The first-order valence-electron chi connectivity index (χ1n) is 6.86. The maximum Gasteiger partial charge on any atom is 0.0702 e. The van der Waals surface area contributed by atoms with Crippen LogP contribution in [0.15, 0.2) is 0 Å². The molecule has 1 aliphatic heterocycles. The molecule has 0 bridgehead atoms. The zero-order valence-corrected chi connectivity index (χ0v) is 11.4. The van der Waals surface area contributed by atoms with Gasteiger partial charge < -0.3 is 15.2 Å². The third kappa shape index (κ3) is 5.34. The molecule has 1 rings (SSSR count). The molecule has 0 radical (unpaired) electrons. The summed E-state index contributed by atoms with van der Waals surface area (Å²) in [6.45, 7) is 6.67. The molecule has 1 aliphatic rings. The van der Waals surface area contributed by atoms with Gasteiger partial charge in [-0.2, -0.15) is 0 Å². The molecule has 0 saturated carbocycles. The number of methoxy groups -OCH3 is 1. The maximum absolute atomic E-state index is 5.74. The Morgan fingerprint density at radius 2 is 2.29 bits per heavy atom. The molecule has 0 spiro atoms. The first kappa shape index (κ1) is 14.9. The van der Waals surface area contributed by atoms with Gasteiger partial charge in [-0.3, -0.25) is 4.90 Å². The van der Waals surface area contributed by atoms with Crippen LogP contribution in [-0.2, 0) is 9.47 Å². The van der Waals surface area contributed by atoms with E-state index >= 15 is 0 Å². The van der Waals surface area contributed by atoms with E-state index in [1.165, 1.54) is 19.4 Å². The second-order valence-electron chi connectivity index (χ2n) is 4.75. The Balaban J connectivity index is 2.41. The van der Waals surface area contributed by atoms with Crippen molar-refractivity contribution >= 4 is 0 Å². The maximum atomic E-state index is 5.74. The number of hydrogen-bond acceptors (Lipinski definition) is 4. The van der Waals surface area contributed by atoms with Crippen molar-refractivity contribution in [1.82, 2.24) is 4.90 Å². The van der Waals surface area contributed by atoms with Crippen LogP contribution in [0.2, 0.25) is 0 Å². The largest absolute Gasteiger partial charge is 0.383 e. The number of nitrogens with zero attached hydrogens (tertiary/aromatic N) is 1. The summed E-state index contributed by atoms with van der Waals surface area (Å²) in [6.07, 6.45) is 5.03. The summed E-state index contributed by atoms with van der Waals surface area (Å²) < 4.78 is 11.1. The van der Waals surface area contributed by atoms with Crippen molar-refractivity contribution in [2.24, 2.45) is 5.73 Å². The van der Waals surface area contributed by atoms with Gasteiger partial charge in [-0.1, -0.05) is 0 Å². The van der Waals surface area contributed by atoms with Crippen molar-refractivity contribution in [3.63, 3.8) is 0 Å². The highest BCUT2D eigenvalue weighted by atomic mass is 16.5. The van der Waals surface area contributed by atoms with Gasteiger partial charge in [0, 0.05) is 26.3 Å². The molecule has 0 aromatic carbocycles. The summed E-state index contributed by atoms with van der Waals surface area (Å²) in [4.78, 5) is 2.52. The molecule has 2 atom stereocenters. The van der Waals surface area contributed by atoms with E-state index in [1.807, 2.05) is 0 Å². The van der Waals surface area contributed by atoms with Crippen LogP contribution in [0, 0.1) is 0 Å². The van der Waals surface area contributed by atoms with Crippen molar-refractivity contribution in [2.75, 3.05) is 40.0 Å². The van der Waals surface area contributed by atoms with Crippen molar-refractivity contribution in [3.05, 3.63) is 0 Å². The van der Waals surface area contributed by atoms with Gasteiger partial charge in [-0.25, -0.2) is 0 Å². The zero-order chi connectivity index (χ0) is 12.5. The minimum atomic E-state index is 0.408. The van der Waals surface area contributed by atoms with Crippen LogP contribution in [0.5, 0.6) is 0 Å². The lowest BCUT2D eigenvalue weighted by Crippen LogP contribution is -2.47. The number of piperidine rings is 1. The second-order valence-corrected chi connectivity index (χ2v) is 4.75. The summed E-state index contributed by atoms with van der Waals surface area (Å²) >= 11 is 0. The van der Waals surface area contributed by atoms with E-state index in [2.05, 4.69) is 11.8 Å². The van der Waals surface area contributed by atoms with E-state index in [-0.39, 0.29) is 0 Å². The molecule has 4 nitrogen and oxygen atoms in total. The highest BCUT2D eigenvalue weighted by Crippen LogP contribution is 2.18. The Kier molecular flexibility index (Phi) is 7.77. The standard InChI is InChI=1S/C13H28N2O2/c1-3-17-13-7-5-9-15(10-13)12(11-16-2)6-4-8-14/h12-13H,3-11,14H2,1-2H3. The van der Waals surface area contributed by atoms with Crippen molar-refractivity contribution in [2.45, 2.75) is 44.8 Å². The molecule has 1 saturated heterocycles. The number of likely N-dealkylation sites (tertiary alicyclic amines) is 1. The average Bonchev–Trinajstić information content (AvgIpc) is 2.35. The second kappa shape index (κ2) is 8.86. The predicted octanol–water partition coefficient (Wildman–Crippen LogP) is 1.24. The fraction of sp³-hybridized carbons (Fsp3) is 1.00. The normalized spacial score (nSPS) is 23.8. The van der Waals surface area contributed by atoms with E-state index in [4.69, 9.17) is 15.2 Å². The Hall–Kier alpha value is -0.160. The quantitative estimate of drug-likeness (QED) is 0.698. The number of rotatable bonds is 8. The van der Waals surface area contributed by atoms with E-state index in [0.29, 0.717) is 12.1 Å². The summed E-state index contributed by atoms with van der Waals surface area (Å²) in [5, 5.41) is 0. The summed E-state index contributed by atoms with van der Waals surface area (Å²) in [5.74, 6) is 0. The van der Waals surface area contributed by atoms with Crippen molar-refractivity contribution in [3.8, 4) is 0 Å². The number of hydrogen-bond donors (Lipinski definition) is 1. The van der Waals surface area contributed by atoms with Gasteiger partial charge in [0.1, 0.15) is 0 Å². The van der Waals surface area contributed by atoms with Gasteiger partial charge in [-0.15, -0.1) is 0 Å². The first-order valence-corrected chi connectivity index (χ1v) is 6.86. The van der Waals surface area contributed by atoms with Gasteiger partial charge in [0.2, 0.25) is 0 Å². The van der Waals surface area contributed by atoms with Crippen molar-refractivity contribution in [1.29, 1.82) is 0 Å².